The number of hydrogen-bond donors (Lipinski definition) is 1. The molecule has 6 heteroatoms. The van der Waals surface area contributed by atoms with Crippen LogP contribution in [0, 0.1) is 0 Å². The SMILES string of the molecule is c1cnc(Nc2nccnc2C2CCCN2C2CCCC2)nc1. The Morgan fingerprint density at radius 1 is 0.870 bits per heavy atom. The van der Waals surface area contributed by atoms with Crippen molar-refractivity contribution in [2.45, 2.75) is 50.6 Å². The van der Waals surface area contributed by atoms with Gasteiger partial charge in [0.15, 0.2) is 5.82 Å². The Labute approximate surface area is 136 Å². The standard InChI is InChI=1S/C17H22N6/c1-2-6-13(5-1)23-12-3-7-14(23)15-16(19-11-10-18-15)22-17-20-8-4-9-21-17/h4,8-11,13-14H,1-3,5-7,12H2,(H,19,20,21,22). The van der Waals surface area contributed by atoms with Crippen molar-refractivity contribution in [3.05, 3.63) is 36.5 Å². The first kappa shape index (κ1) is 14.5. The zero-order valence-electron chi connectivity index (χ0n) is 13.2. The molecule has 0 radical (unpaired) electrons. The Hall–Kier alpha value is -2.08. The molecule has 1 aliphatic heterocycles. The minimum atomic E-state index is 0.359. The number of nitrogens with zero attached hydrogens (tertiary/aromatic N) is 5. The van der Waals surface area contributed by atoms with Crippen LogP contribution in [0.15, 0.2) is 30.9 Å². The normalized spacial score (nSPS) is 22.5. The molecule has 1 unspecified atom stereocenters. The molecular formula is C17H22N6. The van der Waals surface area contributed by atoms with E-state index in [1.807, 2.05) is 6.07 Å². The van der Waals surface area contributed by atoms with Crippen molar-refractivity contribution in [3.8, 4) is 0 Å². The fourth-order valence-corrected chi connectivity index (χ4v) is 3.91. The Morgan fingerprint density at radius 2 is 1.65 bits per heavy atom. The zero-order valence-corrected chi connectivity index (χ0v) is 13.2. The van der Waals surface area contributed by atoms with Crippen LogP contribution in [-0.2, 0) is 0 Å². The Bertz CT molecular complexity index is 641. The first-order chi connectivity index (χ1) is 11.4. The maximum atomic E-state index is 4.66. The lowest BCUT2D eigenvalue weighted by Crippen LogP contribution is -2.33. The van der Waals surface area contributed by atoms with Gasteiger partial charge in [0.25, 0.3) is 0 Å². The molecule has 1 saturated carbocycles. The van der Waals surface area contributed by atoms with Crippen LogP contribution >= 0.6 is 0 Å². The molecule has 4 rings (SSSR count). The second kappa shape index (κ2) is 6.58. The van der Waals surface area contributed by atoms with E-state index in [1.54, 1.807) is 24.8 Å². The molecular weight excluding hydrogens is 288 g/mol. The third kappa shape index (κ3) is 3.03. The van der Waals surface area contributed by atoms with E-state index in [0.29, 0.717) is 18.0 Å². The fraction of sp³-hybridized carbons (Fsp3) is 0.529. The highest BCUT2D eigenvalue weighted by Crippen LogP contribution is 2.39. The molecule has 1 atom stereocenters. The summed E-state index contributed by atoms with van der Waals surface area (Å²) in [4.78, 5) is 20.3. The Morgan fingerprint density at radius 3 is 2.48 bits per heavy atom. The van der Waals surface area contributed by atoms with Gasteiger partial charge in [-0.1, -0.05) is 12.8 Å². The molecule has 2 fully saturated rings. The predicted octanol–water partition coefficient (Wildman–Crippen LogP) is 3.09. The minimum Gasteiger partial charge on any atom is -0.307 e. The van der Waals surface area contributed by atoms with Crippen LogP contribution in [0.25, 0.3) is 0 Å². The third-order valence-electron chi connectivity index (χ3n) is 4.93. The van der Waals surface area contributed by atoms with E-state index in [0.717, 1.165) is 17.9 Å². The molecule has 23 heavy (non-hydrogen) atoms. The number of anilines is 2. The summed E-state index contributed by atoms with van der Waals surface area (Å²) >= 11 is 0. The third-order valence-corrected chi connectivity index (χ3v) is 4.93. The highest BCUT2D eigenvalue weighted by molar-refractivity contribution is 5.51. The molecule has 0 aromatic carbocycles. The van der Waals surface area contributed by atoms with Crippen molar-refractivity contribution < 1.29 is 0 Å². The van der Waals surface area contributed by atoms with Gasteiger partial charge in [0, 0.05) is 30.8 Å². The van der Waals surface area contributed by atoms with Gasteiger partial charge in [0.2, 0.25) is 5.95 Å². The summed E-state index contributed by atoms with van der Waals surface area (Å²) in [5.74, 6) is 1.35. The van der Waals surface area contributed by atoms with Gasteiger partial charge in [-0.3, -0.25) is 9.88 Å². The van der Waals surface area contributed by atoms with Crippen LogP contribution in [0.1, 0.15) is 50.3 Å². The number of likely N-dealkylation sites (tertiary alicyclic amines) is 1. The largest absolute Gasteiger partial charge is 0.307 e. The summed E-state index contributed by atoms with van der Waals surface area (Å²) in [6.07, 6.45) is 14.7. The molecule has 0 spiro atoms. The second-order valence-electron chi connectivity index (χ2n) is 6.32. The van der Waals surface area contributed by atoms with E-state index in [-0.39, 0.29) is 0 Å². The van der Waals surface area contributed by atoms with E-state index in [2.05, 4.69) is 30.2 Å². The number of hydrogen-bond acceptors (Lipinski definition) is 6. The minimum absolute atomic E-state index is 0.359. The Kier molecular flexibility index (Phi) is 4.15. The molecule has 2 aromatic rings. The summed E-state index contributed by atoms with van der Waals surface area (Å²) in [6.45, 7) is 1.17. The maximum absolute atomic E-state index is 4.66. The van der Waals surface area contributed by atoms with Crippen LogP contribution in [0.4, 0.5) is 11.8 Å². The summed E-state index contributed by atoms with van der Waals surface area (Å²) in [5.41, 5.74) is 1.03. The van der Waals surface area contributed by atoms with Gasteiger partial charge in [0.05, 0.1) is 6.04 Å². The smallest absolute Gasteiger partial charge is 0.228 e. The zero-order chi connectivity index (χ0) is 15.5. The monoisotopic (exact) mass is 310 g/mol. The topological polar surface area (TPSA) is 66.8 Å². The van der Waals surface area contributed by atoms with Crippen molar-refractivity contribution in [1.29, 1.82) is 0 Å². The lowest BCUT2D eigenvalue weighted by atomic mass is 10.1. The maximum Gasteiger partial charge on any atom is 0.228 e. The molecule has 2 aromatic heterocycles. The molecule has 1 saturated heterocycles. The van der Waals surface area contributed by atoms with E-state index >= 15 is 0 Å². The van der Waals surface area contributed by atoms with Crippen molar-refractivity contribution >= 4 is 11.8 Å². The van der Waals surface area contributed by atoms with Gasteiger partial charge >= 0.3 is 0 Å². The average molecular weight is 310 g/mol. The number of rotatable bonds is 4. The van der Waals surface area contributed by atoms with Gasteiger partial charge in [-0.25, -0.2) is 15.0 Å². The lowest BCUT2D eigenvalue weighted by Gasteiger charge is -2.30. The first-order valence-electron chi connectivity index (χ1n) is 8.52. The van der Waals surface area contributed by atoms with Gasteiger partial charge in [0.1, 0.15) is 5.69 Å². The van der Waals surface area contributed by atoms with Crippen molar-refractivity contribution in [1.82, 2.24) is 24.8 Å². The van der Waals surface area contributed by atoms with Crippen LogP contribution in [0.5, 0.6) is 0 Å². The highest BCUT2D eigenvalue weighted by atomic mass is 15.2. The lowest BCUT2D eigenvalue weighted by molar-refractivity contribution is 0.180. The van der Waals surface area contributed by atoms with Gasteiger partial charge < -0.3 is 5.32 Å². The van der Waals surface area contributed by atoms with Crippen LogP contribution < -0.4 is 5.32 Å². The van der Waals surface area contributed by atoms with Crippen molar-refractivity contribution in [2.75, 3.05) is 11.9 Å². The van der Waals surface area contributed by atoms with Gasteiger partial charge in [-0.05, 0) is 38.3 Å². The number of nitrogens with one attached hydrogen (secondary N) is 1. The first-order valence-corrected chi connectivity index (χ1v) is 8.52. The summed E-state index contributed by atoms with van der Waals surface area (Å²) in [7, 11) is 0. The van der Waals surface area contributed by atoms with E-state index in [9.17, 15) is 0 Å². The number of aromatic nitrogens is 4. The molecule has 6 nitrogen and oxygen atoms in total. The molecule has 0 bridgehead atoms. The highest BCUT2D eigenvalue weighted by Gasteiger charge is 2.35. The summed E-state index contributed by atoms with van der Waals surface area (Å²) in [5, 5.41) is 3.24. The molecule has 2 aliphatic rings. The molecule has 1 aliphatic carbocycles. The summed E-state index contributed by atoms with van der Waals surface area (Å²) < 4.78 is 0. The predicted molar refractivity (Wildman–Crippen MR) is 88.3 cm³/mol. The average Bonchev–Trinajstić information content (AvgIpc) is 3.27. The van der Waals surface area contributed by atoms with E-state index in [4.69, 9.17) is 0 Å². The molecule has 0 amide bonds. The van der Waals surface area contributed by atoms with Gasteiger partial charge in [-0.15, -0.1) is 0 Å². The quantitative estimate of drug-likeness (QED) is 0.936. The van der Waals surface area contributed by atoms with Crippen molar-refractivity contribution in [3.63, 3.8) is 0 Å². The van der Waals surface area contributed by atoms with E-state index < -0.39 is 0 Å². The summed E-state index contributed by atoms with van der Waals surface area (Å²) in [6, 6.07) is 2.88. The van der Waals surface area contributed by atoms with Crippen LogP contribution in [0.3, 0.4) is 0 Å². The van der Waals surface area contributed by atoms with Crippen LogP contribution in [-0.4, -0.2) is 37.4 Å². The molecule has 1 N–H and O–H groups in total. The molecule has 3 heterocycles. The van der Waals surface area contributed by atoms with Crippen LogP contribution in [0.2, 0.25) is 0 Å². The fourth-order valence-electron chi connectivity index (χ4n) is 3.91. The second-order valence-corrected chi connectivity index (χ2v) is 6.32. The van der Waals surface area contributed by atoms with Gasteiger partial charge in [-0.2, -0.15) is 0 Å². The Balaban J connectivity index is 1.60. The van der Waals surface area contributed by atoms with E-state index in [1.165, 1.54) is 38.6 Å². The van der Waals surface area contributed by atoms with Crippen molar-refractivity contribution in [2.24, 2.45) is 0 Å². The molecule has 120 valence electrons.